The van der Waals surface area contributed by atoms with Crippen LogP contribution in [0.4, 0.5) is 43.9 Å². The third-order valence-electron chi connectivity index (χ3n) is 4.43. The van der Waals surface area contributed by atoms with Crippen LogP contribution in [0.25, 0.3) is 0 Å². The highest BCUT2D eigenvalue weighted by atomic mass is 79.9. The maximum Gasteiger partial charge on any atom is 0.447 e. The van der Waals surface area contributed by atoms with E-state index in [9.17, 15) is 43.9 Å². The van der Waals surface area contributed by atoms with Gasteiger partial charge >= 0.3 is 11.0 Å². The lowest BCUT2D eigenvalue weighted by molar-refractivity contribution is -0.0330. The minimum atomic E-state index is -5.02. The van der Waals surface area contributed by atoms with Crippen molar-refractivity contribution in [1.29, 1.82) is 10.5 Å². The zero-order chi connectivity index (χ0) is 25.5. The van der Waals surface area contributed by atoms with Crippen LogP contribution in [0, 0.1) is 22.7 Å². The van der Waals surface area contributed by atoms with Crippen molar-refractivity contribution in [1.82, 2.24) is 0 Å². The van der Waals surface area contributed by atoms with E-state index in [2.05, 4.69) is 31.9 Å². The van der Waals surface area contributed by atoms with E-state index in [1.54, 1.807) is 0 Å². The molecule has 2 nitrogen and oxygen atoms in total. The number of hydrogen-bond donors (Lipinski definition) is 0. The zero-order valence-corrected chi connectivity index (χ0v) is 20.9. The minimum absolute atomic E-state index is 0.262. The summed E-state index contributed by atoms with van der Waals surface area (Å²) in [4.78, 5) is -5.65. The third-order valence-corrected chi connectivity index (χ3v) is 10.4. The van der Waals surface area contributed by atoms with Gasteiger partial charge in [0.05, 0.1) is 30.0 Å². The fraction of sp³-hybridized carbons (Fsp3) is 0.625. The number of alkyl halides is 12. The molecule has 184 valence electrons. The van der Waals surface area contributed by atoms with Gasteiger partial charge in [-0.05, 0) is 23.5 Å². The molecule has 8 unspecified atom stereocenters. The van der Waals surface area contributed by atoms with Crippen LogP contribution in [0.5, 0.6) is 0 Å². The van der Waals surface area contributed by atoms with Crippen molar-refractivity contribution in [3.63, 3.8) is 0 Å². The Bertz CT molecular complexity index is 838. The van der Waals surface area contributed by atoms with Crippen LogP contribution < -0.4 is 0 Å². The highest BCUT2D eigenvalue weighted by Crippen LogP contribution is 2.53. The maximum absolute atomic E-state index is 15.0. The summed E-state index contributed by atoms with van der Waals surface area (Å²) in [6, 6.07) is 2.18. The molecule has 0 aromatic heterocycles. The Hall–Kier alpha value is -0.230. The van der Waals surface area contributed by atoms with Crippen molar-refractivity contribution in [3.05, 3.63) is 21.0 Å². The van der Waals surface area contributed by atoms with E-state index in [1.165, 1.54) is 0 Å². The van der Waals surface area contributed by atoms with Gasteiger partial charge in [0.2, 0.25) is 0 Å². The first-order chi connectivity index (χ1) is 15.0. The summed E-state index contributed by atoms with van der Waals surface area (Å²) < 4.78 is 135. The second kappa shape index (κ2) is 10.8. The Labute approximate surface area is 209 Å². The molecule has 2 aliphatic carbocycles. The van der Waals surface area contributed by atoms with Gasteiger partial charge < -0.3 is 0 Å². The summed E-state index contributed by atoms with van der Waals surface area (Å²) in [5.41, 5.74) is -12.3. The van der Waals surface area contributed by atoms with Crippen molar-refractivity contribution in [2.45, 2.75) is 55.9 Å². The van der Waals surface area contributed by atoms with Gasteiger partial charge in [0.15, 0.2) is 0 Å². The van der Waals surface area contributed by atoms with Crippen LogP contribution in [-0.4, -0.2) is 55.9 Å². The van der Waals surface area contributed by atoms with Crippen molar-refractivity contribution in [2.24, 2.45) is 0 Å². The molecule has 8 atom stereocenters. The number of thioether (sulfide) groups is 3. The predicted octanol–water partition coefficient (Wildman–Crippen LogP) is 7.42. The van der Waals surface area contributed by atoms with E-state index >= 15 is 0 Å². The summed E-state index contributed by atoms with van der Waals surface area (Å²) in [6.45, 7) is 0. The monoisotopic (exact) mass is 672 g/mol. The lowest BCUT2D eigenvalue weighted by Gasteiger charge is -2.23. The number of rotatable bonds is 4. The molecule has 0 aliphatic heterocycles. The van der Waals surface area contributed by atoms with Crippen molar-refractivity contribution in [2.75, 3.05) is 0 Å². The Kier molecular flexibility index (Phi) is 9.49. The van der Waals surface area contributed by atoms with Crippen molar-refractivity contribution >= 4 is 67.1 Å². The van der Waals surface area contributed by atoms with Crippen molar-refractivity contribution in [3.8, 4) is 12.1 Å². The molecule has 2 saturated carbocycles. The Morgan fingerprint density at radius 2 is 0.970 bits per heavy atom. The zero-order valence-electron chi connectivity index (χ0n) is 15.3. The second-order valence-electron chi connectivity index (χ2n) is 6.45. The molecule has 0 heterocycles. The van der Waals surface area contributed by atoms with E-state index < -0.39 is 100 Å². The van der Waals surface area contributed by atoms with E-state index in [1.807, 2.05) is 0 Å². The highest BCUT2D eigenvalue weighted by molar-refractivity contribution is 9.10. The van der Waals surface area contributed by atoms with Gasteiger partial charge in [-0.2, -0.15) is 36.9 Å². The topological polar surface area (TPSA) is 47.6 Å². The number of halogens is 12. The smallest absolute Gasteiger partial charge is 0.241 e. The number of hydrogen-bond acceptors (Lipinski definition) is 5. The maximum atomic E-state index is 15.0. The summed E-state index contributed by atoms with van der Waals surface area (Å²) in [5.74, 6) is 0. The third kappa shape index (κ3) is 6.51. The molecule has 0 radical (unpaired) electrons. The average molecular weight is 674 g/mol. The highest BCUT2D eigenvalue weighted by Gasteiger charge is 2.56. The molecule has 0 N–H and O–H groups in total. The first-order valence-electron chi connectivity index (χ1n) is 8.33. The molecule has 0 aromatic rings. The van der Waals surface area contributed by atoms with E-state index in [0.717, 1.165) is 12.1 Å². The Balaban J connectivity index is 2.39. The molecule has 0 amide bonds. The Morgan fingerprint density at radius 3 is 1.21 bits per heavy atom. The van der Waals surface area contributed by atoms with Crippen LogP contribution in [0.3, 0.4) is 0 Å². The van der Waals surface area contributed by atoms with Gasteiger partial charge in [0.25, 0.3) is 0 Å². The average Bonchev–Trinajstić information content (AvgIpc) is 3.02. The van der Waals surface area contributed by atoms with E-state index in [4.69, 9.17) is 10.5 Å². The molecule has 17 heteroatoms. The molecular formula is C16H8Br2F10N2S3. The number of nitriles is 2. The largest absolute Gasteiger partial charge is 0.447 e. The summed E-state index contributed by atoms with van der Waals surface area (Å²) in [7, 11) is 0. The fourth-order valence-corrected chi connectivity index (χ4v) is 7.75. The molecular weight excluding hydrogens is 666 g/mol. The van der Waals surface area contributed by atoms with E-state index in [-0.39, 0.29) is 11.8 Å². The number of nitrogens with zero attached hydrogens (tertiary/aromatic N) is 2. The quantitative estimate of drug-likeness (QED) is 0.177. The predicted molar refractivity (Wildman–Crippen MR) is 113 cm³/mol. The minimum Gasteiger partial charge on any atom is -0.241 e. The van der Waals surface area contributed by atoms with Gasteiger partial charge in [-0.25, -0.2) is 17.6 Å². The van der Waals surface area contributed by atoms with Gasteiger partial charge in [-0.15, -0.1) is 11.8 Å². The second-order valence-corrected chi connectivity index (χ2v) is 12.1. The first kappa shape index (κ1) is 29.0. The van der Waals surface area contributed by atoms with Crippen LogP contribution >= 0.6 is 67.1 Å². The van der Waals surface area contributed by atoms with Crippen LogP contribution in [0.2, 0.25) is 0 Å². The lowest BCUT2D eigenvalue weighted by atomic mass is 10.2. The molecule has 0 saturated heterocycles. The van der Waals surface area contributed by atoms with Crippen LogP contribution in [-0.2, 0) is 0 Å². The van der Waals surface area contributed by atoms with Crippen molar-refractivity contribution < 1.29 is 43.9 Å². The standard InChI is InChI=1S/C16H8Br2F10N2S3/c17-7-9(19)5(3(1-29)32-15(23,24)25)11(21)13(7)31-14-8(18)10(20)6(12(14)22)4(2-30)33-16(26,27)28/h7-14H/b5-3-,6-4-. The first-order valence-corrected chi connectivity index (χ1v) is 12.7. The molecule has 0 aromatic carbocycles. The molecule has 2 aliphatic rings. The van der Waals surface area contributed by atoms with Crippen LogP contribution in [0.15, 0.2) is 21.0 Å². The molecule has 33 heavy (non-hydrogen) atoms. The molecule has 2 rings (SSSR count). The lowest BCUT2D eigenvalue weighted by Crippen LogP contribution is -2.30. The molecule has 0 bridgehead atoms. The van der Waals surface area contributed by atoms with E-state index in [0.29, 0.717) is 0 Å². The summed E-state index contributed by atoms with van der Waals surface area (Å²) in [6.07, 6.45) is -9.86. The summed E-state index contributed by atoms with van der Waals surface area (Å²) in [5, 5.41) is 14.6. The normalized spacial score (nSPS) is 38.1. The number of allylic oxidation sites excluding steroid dienone is 4. The molecule has 2 fully saturated rings. The van der Waals surface area contributed by atoms with Crippen LogP contribution in [0.1, 0.15) is 0 Å². The van der Waals surface area contributed by atoms with Gasteiger partial charge in [0.1, 0.15) is 36.8 Å². The Morgan fingerprint density at radius 1 is 0.667 bits per heavy atom. The van der Waals surface area contributed by atoms with Gasteiger partial charge in [-0.1, -0.05) is 31.9 Å². The SMILES string of the molecule is N#C/C(SC(F)(F)F)=C1\C(F)C(Br)C(SC2C(F)/C(=C(/C#N)SC(F)(F)F)C(F)C2Br)C1F. The van der Waals surface area contributed by atoms with Gasteiger partial charge in [-0.3, -0.25) is 0 Å². The fourth-order valence-electron chi connectivity index (χ4n) is 3.15. The summed E-state index contributed by atoms with van der Waals surface area (Å²) >= 11 is 3.76. The van der Waals surface area contributed by atoms with Gasteiger partial charge in [0, 0.05) is 11.1 Å². The molecule has 0 spiro atoms.